The van der Waals surface area contributed by atoms with E-state index < -0.39 is 6.23 Å². The molecular formula is C26H25Cl2N5O3. The topological polar surface area (TPSA) is 96.8 Å². The highest BCUT2D eigenvalue weighted by Crippen LogP contribution is 2.35. The predicted octanol–water partition coefficient (Wildman–Crippen LogP) is 4.66. The van der Waals surface area contributed by atoms with Gasteiger partial charge in [0.2, 0.25) is 5.91 Å². The van der Waals surface area contributed by atoms with Crippen LogP contribution in [0.2, 0.25) is 10.0 Å². The third-order valence-electron chi connectivity index (χ3n) is 5.44. The van der Waals surface area contributed by atoms with Crippen LogP contribution < -0.4 is 20.7 Å². The van der Waals surface area contributed by atoms with E-state index in [4.69, 9.17) is 27.9 Å². The van der Waals surface area contributed by atoms with Crippen LogP contribution in [0, 0.1) is 6.92 Å². The second kappa shape index (κ2) is 11.4. The Hall–Kier alpha value is -3.59. The van der Waals surface area contributed by atoms with Crippen molar-refractivity contribution in [3.05, 3.63) is 93.9 Å². The summed E-state index contributed by atoms with van der Waals surface area (Å²) >= 11 is 13.1. The first-order chi connectivity index (χ1) is 17.4. The van der Waals surface area contributed by atoms with E-state index in [2.05, 4.69) is 20.9 Å². The number of ketones is 1. The van der Waals surface area contributed by atoms with Gasteiger partial charge >= 0.3 is 0 Å². The molecule has 3 N–H and O–H groups in total. The SMILES string of the molecule is CNC(Oc1cccn2cc(C)nc12)c1c(Cl)ccc(C(=O)CNC(=O)CNc2ccccc2)c1Cl. The lowest BCUT2D eigenvalue weighted by Gasteiger charge is -2.22. The number of fused-ring (bicyclic) bond motifs is 1. The number of benzene rings is 2. The van der Waals surface area contributed by atoms with Crippen LogP contribution in [0.25, 0.3) is 5.65 Å². The molecule has 186 valence electrons. The maximum absolute atomic E-state index is 12.9. The Morgan fingerprint density at radius 1 is 1.06 bits per heavy atom. The van der Waals surface area contributed by atoms with Crippen LogP contribution in [0.5, 0.6) is 5.75 Å². The number of ether oxygens (including phenoxy) is 1. The third-order valence-corrected chi connectivity index (χ3v) is 6.17. The fourth-order valence-electron chi connectivity index (χ4n) is 3.69. The highest BCUT2D eigenvalue weighted by atomic mass is 35.5. The first kappa shape index (κ1) is 25.5. The monoisotopic (exact) mass is 525 g/mol. The molecule has 4 aromatic rings. The van der Waals surface area contributed by atoms with E-state index >= 15 is 0 Å². The number of hydrogen-bond acceptors (Lipinski definition) is 6. The lowest BCUT2D eigenvalue weighted by Crippen LogP contribution is -2.34. The van der Waals surface area contributed by atoms with Gasteiger partial charge in [0.05, 0.1) is 28.8 Å². The van der Waals surface area contributed by atoms with Crippen LogP contribution >= 0.6 is 23.2 Å². The summed E-state index contributed by atoms with van der Waals surface area (Å²) in [5.41, 5.74) is 2.93. The zero-order valence-corrected chi connectivity index (χ0v) is 21.2. The van der Waals surface area contributed by atoms with E-state index in [1.54, 1.807) is 19.2 Å². The van der Waals surface area contributed by atoms with Crippen LogP contribution in [0.4, 0.5) is 5.69 Å². The molecule has 1 atom stereocenters. The maximum Gasteiger partial charge on any atom is 0.239 e. The van der Waals surface area contributed by atoms with Crippen molar-refractivity contribution < 1.29 is 14.3 Å². The summed E-state index contributed by atoms with van der Waals surface area (Å²) < 4.78 is 8.05. The standard InChI is InChI=1S/C26H25Cl2N5O3/c1-16-15-33-12-6-9-21(25(33)32-16)36-26(29-2)23-19(27)11-10-18(24(23)28)20(34)13-31-22(35)14-30-17-7-4-3-5-8-17/h3-12,15,26,29-30H,13-14H2,1-2H3,(H,31,35). The lowest BCUT2D eigenvalue weighted by molar-refractivity contribution is -0.119. The van der Waals surface area contributed by atoms with Gasteiger partial charge < -0.3 is 19.8 Å². The number of aromatic nitrogens is 2. The molecule has 8 nitrogen and oxygen atoms in total. The number of nitrogens with one attached hydrogen (secondary N) is 3. The van der Waals surface area contributed by atoms with Gasteiger partial charge in [-0.1, -0.05) is 41.4 Å². The number of amides is 1. The average molecular weight is 526 g/mol. The molecule has 0 aliphatic carbocycles. The van der Waals surface area contributed by atoms with Gasteiger partial charge in [-0.25, -0.2) is 4.98 Å². The number of halogens is 2. The highest BCUT2D eigenvalue weighted by Gasteiger charge is 2.24. The largest absolute Gasteiger partial charge is 0.467 e. The molecule has 0 saturated carbocycles. The number of imidazole rings is 1. The van der Waals surface area contributed by atoms with Crippen molar-refractivity contribution in [1.82, 2.24) is 20.0 Å². The van der Waals surface area contributed by atoms with Gasteiger partial charge in [-0.05, 0) is 50.4 Å². The molecule has 1 amide bonds. The number of para-hydroxylation sites is 1. The van der Waals surface area contributed by atoms with E-state index in [-0.39, 0.29) is 35.4 Å². The van der Waals surface area contributed by atoms with Crippen molar-refractivity contribution in [2.24, 2.45) is 0 Å². The predicted molar refractivity (Wildman–Crippen MR) is 141 cm³/mol. The molecule has 10 heteroatoms. The number of hydrogen-bond donors (Lipinski definition) is 3. The van der Waals surface area contributed by atoms with Crippen LogP contribution in [-0.4, -0.2) is 41.2 Å². The van der Waals surface area contributed by atoms with E-state index in [1.165, 1.54) is 6.07 Å². The summed E-state index contributed by atoms with van der Waals surface area (Å²) in [5, 5.41) is 9.15. The molecule has 0 radical (unpaired) electrons. The van der Waals surface area contributed by atoms with E-state index in [0.29, 0.717) is 22.0 Å². The number of anilines is 1. The van der Waals surface area contributed by atoms with Crippen LogP contribution in [0.15, 0.2) is 67.0 Å². The zero-order valence-electron chi connectivity index (χ0n) is 19.7. The molecule has 4 rings (SSSR count). The molecule has 0 saturated heterocycles. The fourth-order valence-corrected chi connectivity index (χ4v) is 4.37. The second-order valence-electron chi connectivity index (χ2n) is 8.01. The average Bonchev–Trinajstić information content (AvgIpc) is 3.27. The summed E-state index contributed by atoms with van der Waals surface area (Å²) in [6.45, 7) is 1.71. The normalized spacial score (nSPS) is 11.8. The van der Waals surface area contributed by atoms with Crippen molar-refractivity contribution in [2.75, 3.05) is 25.5 Å². The van der Waals surface area contributed by atoms with Crippen molar-refractivity contribution in [1.29, 1.82) is 0 Å². The van der Waals surface area contributed by atoms with Crippen molar-refractivity contribution in [3.63, 3.8) is 0 Å². The summed E-state index contributed by atoms with van der Waals surface area (Å²) in [6, 6.07) is 16.1. The van der Waals surface area contributed by atoms with Crippen molar-refractivity contribution >= 4 is 46.2 Å². The molecule has 2 aromatic heterocycles. The molecule has 0 bridgehead atoms. The first-order valence-electron chi connectivity index (χ1n) is 11.2. The van der Waals surface area contributed by atoms with Crippen molar-refractivity contribution in [3.8, 4) is 5.75 Å². The van der Waals surface area contributed by atoms with Gasteiger partial charge in [0, 0.05) is 29.2 Å². The van der Waals surface area contributed by atoms with E-state index in [9.17, 15) is 9.59 Å². The van der Waals surface area contributed by atoms with Gasteiger partial charge in [0.25, 0.3) is 0 Å². The Bertz CT molecular complexity index is 1390. The van der Waals surface area contributed by atoms with E-state index in [1.807, 2.05) is 60.1 Å². The first-order valence-corrected chi connectivity index (χ1v) is 12.0. The number of rotatable bonds is 10. The molecule has 36 heavy (non-hydrogen) atoms. The molecule has 0 aliphatic heterocycles. The number of pyridine rings is 1. The Kier molecular flexibility index (Phi) is 8.10. The molecule has 2 heterocycles. The summed E-state index contributed by atoms with van der Waals surface area (Å²) in [5.74, 6) is -0.157. The third kappa shape index (κ3) is 5.79. The number of carbonyl (C=O) groups excluding carboxylic acids is 2. The Labute approximate surface area is 218 Å². The van der Waals surface area contributed by atoms with Crippen LogP contribution in [-0.2, 0) is 4.79 Å². The highest BCUT2D eigenvalue weighted by molar-refractivity contribution is 6.38. The summed E-state index contributed by atoms with van der Waals surface area (Å²) in [6.07, 6.45) is 3.00. The molecular weight excluding hydrogens is 501 g/mol. The quantitative estimate of drug-likeness (QED) is 0.206. The van der Waals surface area contributed by atoms with Gasteiger partial charge in [-0.2, -0.15) is 0 Å². The van der Waals surface area contributed by atoms with Crippen LogP contribution in [0.3, 0.4) is 0 Å². The van der Waals surface area contributed by atoms with E-state index in [0.717, 1.165) is 11.4 Å². The number of carbonyl (C=O) groups is 2. The molecule has 0 spiro atoms. The van der Waals surface area contributed by atoms with Crippen molar-refractivity contribution in [2.45, 2.75) is 13.2 Å². The fraction of sp³-hybridized carbons (Fsp3) is 0.192. The maximum atomic E-state index is 12.9. The van der Waals surface area contributed by atoms with Gasteiger partial charge in [-0.3, -0.25) is 14.9 Å². The zero-order chi connectivity index (χ0) is 25.7. The Balaban J connectivity index is 1.48. The molecule has 0 fully saturated rings. The number of aryl methyl sites for hydroxylation is 1. The number of nitrogens with zero attached hydrogens (tertiary/aromatic N) is 2. The van der Waals surface area contributed by atoms with Crippen LogP contribution in [0.1, 0.15) is 27.8 Å². The number of Topliss-reactive ketones (excluding diaryl/α,β-unsaturated/α-hetero) is 1. The molecule has 1 unspecified atom stereocenters. The van der Waals surface area contributed by atoms with Gasteiger partial charge in [0.1, 0.15) is 0 Å². The van der Waals surface area contributed by atoms with Gasteiger partial charge in [0.15, 0.2) is 23.4 Å². The Morgan fingerprint density at radius 2 is 1.83 bits per heavy atom. The second-order valence-corrected chi connectivity index (χ2v) is 8.80. The Morgan fingerprint density at radius 3 is 2.58 bits per heavy atom. The minimum absolute atomic E-state index is 0.0331. The minimum atomic E-state index is -0.759. The summed E-state index contributed by atoms with van der Waals surface area (Å²) in [7, 11) is 1.70. The minimum Gasteiger partial charge on any atom is -0.467 e. The molecule has 0 aliphatic rings. The lowest BCUT2D eigenvalue weighted by atomic mass is 10.1. The van der Waals surface area contributed by atoms with Gasteiger partial charge in [-0.15, -0.1) is 0 Å². The smallest absolute Gasteiger partial charge is 0.239 e. The summed E-state index contributed by atoms with van der Waals surface area (Å²) in [4.78, 5) is 29.6. The molecule has 2 aromatic carbocycles.